The number of aromatic nitrogens is 1. The zero-order chi connectivity index (χ0) is 16.3. The van der Waals surface area contributed by atoms with Crippen LogP contribution in [0, 0.1) is 6.92 Å². The molecule has 0 atom stereocenters. The maximum absolute atomic E-state index is 8.91. The van der Waals surface area contributed by atoms with Crippen LogP contribution in [0.15, 0.2) is 41.6 Å². The van der Waals surface area contributed by atoms with E-state index in [1.807, 2.05) is 31.2 Å². The number of ether oxygens (including phenoxy) is 1. The summed E-state index contributed by atoms with van der Waals surface area (Å²) in [6, 6.07) is 11.3. The quantitative estimate of drug-likeness (QED) is 0.393. The Hall–Kier alpha value is -2.56. The van der Waals surface area contributed by atoms with Crippen molar-refractivity contribution in [2.24, 2.45) is 10.9 Å². The second-order valence-electron chi connectivity index (χ2n) is 6.14. The lowest BCUT2D eigenvalue weighted by molar-refractivity contribution is 0.318. The largest absolute Gasteiger partial charge is 0.438 e. The maximum Gasteiger partial charge on any atom is 0.230 e. The Morgan fingerprint density at radius 3 is 2.50 bits per heavy atom. The van der Waals surface area contributed by atoms with Gasteiger partial charge in [0.2, 0.25) is 5.88 Å². The monoisotopic (exact) mass is 299 g/mol. The van der Waals surface area contributed by atoms with Gasteiger partial charge in [0.05, 0.1) is 5.56 Å². The van der Waals surface area contributed by atoms with E-state index in [2.05, 4.69) is 30.9 Å². The molecule has 22 heavy (non-hydrogen) atoms. The molecule has 5 heteroatoms. The first-order chi connectivity index (χ1) is 10.3. The first-order valence-electron chi connectivity index (χ1n) is 7.06. The Morgan fingerprint density at radius 2 is 1.86 bits per heavy atom. The number of nitrogens with two attached hydrogens (primary N) is 1. The average Bonchev–Trinajstić information content (AvgIpc) is 2.46. The molecule has 1 aromatic carbocycles. The van der Waals surface area contributed by atoms with Crippen molar-refractivity contribution in [3.05, 3.63) is 53.2 Å². The van der Waals surface area contributed by atoms with Gasteiger partial charge in [-0.2, -0.15) is 0 Å². The fourth-order valence-corrected chi connectivity index (χ4v) is 2.14. The van der Waals surface area contributed by atoms with Crippen LogP contribution in [0.25, 0.3) is 0 Å². The number of para-hydroxylation sites is 1. The fraction of sp³-hybridized carbons (Fsp3) is 0.294. The van der Waals surface area contributed by atoms with Crippen molar-refractivity contribution in [1.82, 2.24) is 4.98 Å². The minimum absolute atomic E-state index is 0.0317. The predicted octanol–water partition coefficient (Wildman–Crippen LogP) is 3.57. The van der Waals surface area contributed by atoms with Crippen molar-refractivity contribution in [3.8, 4) is 11.6 Å². The molecule has 116 valence electrons. The smallest absolute Gasteiger partial charge is 0.230 e. The third-order valence-electron chi connectivity index (χ3n) is 3.28. The van der Waals surface area contributed by atoms with E-state index in [0.717, 1.165) is 11.3 Å². The first-order valence-corrected chi connectivity index (χ1v) is 7.06. The highest BCUT2D eigenvalue weighted by atomic mass is 16.5. The Balaban J connectivity index is 2.51. The van der Waals surface area contributed by atoms with Crippen LogP contribution in [0.4, 0.5) is 0 Å². The van der Waals surface area contributed by atoms with Crippen molar-refractivity contribution in [2.45, 2.75) is 33.1 Å². The van der Waals surface area contributed by atoms with Gasteiger partial charge in [-0.05, 0) is 30.5 Å². The van der Waals surface area contributed by atoms with E-state index in [9.17, 15) is 0 Å². The molecule has 5 nitrogen and oxygen atoms in total. The van der Waals surface area contributed by atoms with Gasteiger partial charge in [0.1, 0.15) is 5.75 Å². The molecule has 2 rings (SSSR count). The van der Waals surface area contributed by atoms with Crippen molar-refractivity contribution >= 4 is 5.84 Å². The lowest BCUT2D eigenvalue weighted by Crippen LogP contribution is -2.16. The highest BCUT2D eigenvalue weighted by molar-refractivity contribution is 5.99. The van der Waals surface area contributed by atoms with Gasteiger partial charge in [-0.1, -0.05) is 44.1 Å². The fourth-order valence-electron chi connectivity index (χ4n) is 2.14. The molecule has 0 fully saturated rings. The summed E-state index contributed by atoms with van der Waals surface area (Å²) in [4.78, 5) is 4.37. The molecule has 0 bridgehead atoms. The van der Waals surface area contributed by atoms with Gasteiger partial charge in [0.15, 0.2) is 5.84 Å². The highest BCUT2D eigenvalue weighted by Crippen LogP contribution is 2.34. The summed E-state index contributed by atoms with van der Waals surface area (Å²) >= 11 is 0. The summed E-state index contributed by atoms with van der Waals surface area (Å²) in [6.07, 6.45) is 0. The van der Waals surface area contributed by atoms with E-state index in [1.54, 1.807) is 12.1 Å². The molecule has 1 heterocycles. The van der Waals surface area contributed by atoms with Crippen LogP contribution in [0.5, 0.6) is 11.6 Å². The Morgan fingerprint density at radius 1 is 1.18 bits per heavy atom. The third-order valence-corrected chi connectivity index (χ3v) is 3.28. The molecule has 0 amide bonds. The van der Waals surface area contributed by atoms with Crippen molar-refractivity contribution in [3.63, 3.8) is 0 Å². The molecular formula is C17H21N3O2. The SMILES string of the molecule is Cc1ccc(/C(N)=N/O)c(Oc2ccccc2C(C)(C)C)n1. The van der Waals surface area contributed by atoms with E-state index < -0.39 is 0 Å². The van der Waals surface area contributed by atoms with Crippen LogP contribution < -0.4 is 10.5 Å². The standard InChI is InChI=1S/C17H21N3O2/c1-11-9-10-12(15(18)20-21)16(19-11)22-14-8-6-5-7-13(14)17(2,3)4/h5-10,21H,1-4H3,(H2,18,20). The lowest BCUT2D eigenvalue weighted by Gasteiger charge is -2.22. The van der Waals surface area contributed by atoms with Crippen LogP contribution in [-0.4, -0.2) is 16.0 Å². The topological polar surface area (TPSA) is 80.7 Å². The number of nitrogens with zero attached hydrogens (tertiary/aromatic N) is 2. The normalized spacial score (nSPS) is 12.3. The van der Waals surface area contributed by atoms with Crippen molar-refractivity contribution < 1.29 is 9.94 Å². The van der Waals surface area contributed by atoms with Crippen molar-refractivity contribution in [2.75, 3.05) is 0 Å². The second kappa shape index (κ2) is 6.05. The minimum Gasteiger partial charge on any atom is -0.438 e. The molecule has 0 radical (unpaired) electrons. The first kappa shape index (κ1) is 15.8. The Kier molecular flexibility index (Phi) is 4.35. The van der Waals surface area contributed by atoms with Crippen LogP contribution in [0.1, 0.15) is 37.6 Å². The van der Waals surface area contributed by atoms with Gasteiger partial charge >= 0.3 is 0 Å². The average molecular weight is 299 g/mol. The minimum atomic E-state index is -0.0722. The number of pyridine rings is 1. The van der Waals surface area contributed by atoms with Gasteiger partial charge in [-0.3, -0.25) is 0 Å². The summed E-state index contributed by atoms with van der Waals surface area (Å²) in [5.41, 5.74) is 7.93. The molecular weight excluding hydrogens is 278 g/mol. The number of aryl methyl sites for hydroxylation is 1. The zero-order valence-corrected chi connectivity index (χ0v) is 13.3. The number of hydrogen-bond acceptors (Lipinski definition) is 4. The molecule has 1 aromatic heterocycles. The number of oxime groups is 1. The summed E-state index contributed by atoms with van der Waals surface area (Å²) in [5.74, 6) is 1.00. The van der Waals surface area contributed by atoms with Crippen LogP contribution in [0.3, 0.4) is 0 Å². The molecule has 0 saturated carbocycles. The summed E-state index contributed by atoms with van der Waals surface area (Å²) < 4.78 is 5.99. The molecule has 0 aliphatic rings. The molecule has 0 aliphatic heterocycles. The van der Waals surface area contributed by atoms with Gasteiger partial charge in [-0.15, -0.1) is 0 Å². The van der Waals surface area contributed by atoms with Crippen LogP contribution >= 0.6 is 0 Å². The number of rotatable bonds is 3. The molecule has 3 N–H and O–H groups in total. The number of hydrogen-bond donors (Lipinski definition) is 2. The molecule has 0 spiro atoms. The Bertz CT molecular complexity index is 703. The lowest BCUT2D eigenvalue weighted by atomic mass is 9.86. The van der Waals surface area contributed by atoms with E-state index in [4.69, 9.17) is 15.7 Å². The molecule has 0 unspecified atom stereocenters. The Labute approximate surface area is 130 Å². The van der Waals surface area contributed by atoms with Gasteiger partial charge in [0, 0.05) is 11.3 Å². The molecule has 0 aliphatic carbocycles. The van der Waals surface area contributed by atoms with E-state index in [-0.39, 0.29) is 11.3 Å². The highest BCUT2D eigenvalue weighted by Gasteiger charge is 2.20. The van der Waals surface area contributed by atoms with E-state index in [1.165, 1.54) is 0 Å². The van der Waals surface area contributed by atoms with Crippen molar-refractivity contribution in [1.29, 1.82) is 0 Å². The zero-order valence-electron chi connectivity index (χ0n) is 13.3. The second-order valence-corrected chi connectivity index (χ2v) is 6.14. The predicted molar refractivity (Wildman–Crippen MR) is 86.7 cm³/mol. The number of amidine groups is 1. The molecule has 0 saturated heterocycles. The molecule has 2 aromatic rings. The van der Waals surface area contributed by atoms with Crippen LogP contribution in [0.2, 0.25) is 0 Å². The maximum atomic E-state index is 8.91. The van der Waals surface area contributed by atoms with Gasteiger partial charge in [0.25, 0.3) is 0 Å². The summed E-state index contributed by atoms with van der Waals surface area (Å²) in [6.45, 7) is 8.20. The number of benzene rings is 1. The van der Waals surface area contributed by atoms with E-state index in [0.29, 0.717) is 17.2 Å². The summed E-state index contributed by atoms with van der Waals surface area (Å²) in [7, 11) is 0. The summed E-state index contributed by atoms with van der Waals surface area (Å²) in [5, 5.41) is 11.9. The van der Waals surface area contributed by atoms with E-state index >= 15 is 0 Å². The van der Waals surface area contributed by atoms with Gasteiger partial charge < -0.3 is 15.7 Å². The van der Waals surface area contributed by atoms with Crippen LogP contribution in [-0.2, 0) is 5.41 Å². The third kappa shape index (κ3) is 3.36. The van der Waals surface area contributed by atoms with Gasteiger partial charge in [-0.25, -0.2) is 4.98 Å².